The summed E-state index contributed by atoms with van der Waals surface area (Å²) >= 11 is 0. The van der Waals surface area contributed by atoms with Gasteiger partial charge in [-0.25, -0.2) is 8.42 Å². The molecule has 0 saturated heterocycles. The molecular weight excluding hydrogens is 504 g/mol. The van der Waals surface area contributed by atoms with E-state index in [1.54, 1.807) is 32.2 Å². The number of hydrogen-bond donors (Lipinski definition) is 1. The van der Waals surface area contributed by atoms with E-state index in [2.05, 4.69) is 10.1 Å². The van der Waals surface area contributed by atoms with Crippen molar-refractivity contribution in [3.05, 3.63) is 89.7 Å². The number of nitrogens with zero attached hydrogens (tertiary/aromatic N) is 2. The molecule has 1 aliphatic rings. The van der Waals surface area contributed by atoms with E-state index >= 15 is 0 Å². The minimum absolute atomic E-state index is 0.0147. The predicted octanol–water partition coefficient (Wildman–Crippen LogP) is 4.41. The molecule has 1 unspecified atom stereocenters. The van der Waals surface area contributed by atoms with Gasteiger partial charge in [0.25, 0.3) is 0 Å². The Kier molecular flexibility index (Phi) is 7.71. The lowest BCUT2D eigenvalue weighted by Gasteiger charge is -2.27. The molecule has 1 aliphatic heterocycles. The fourth-order valence-corrected chi connectivity index (χ4v) is 5.05. The number of ether oxygens (including phenoxy) is 1. The molecule has 0 aliphatic carbocycles. The van der Waals surface area contributed by atoms with Crippen LogP contribution in [0.4, 0.5) is 0 Å². The van der Waals surface area contributed by atoms with E-state index < -0.39 is 32.3 Å². The van der Waals surface area contributed by atoms with Gasteiger partial charge < -0.3 is 14.7 Å². The van der Waals surface area contributed by atoms with Gasteiger partial charge in [-0.05, 0) is 55.2 Å². The van der Waals surface area contributed by atoms with Crippen LogP contribution in [0.25, 0.3) is 11.1 Å². The first-order valence-electron chi connectivity index (χ1n) is 12.3. The van der Waals surface area contributed by atoms with Gasteiger partial charge in [0.2, 0.25) is 0 Å². The maximum absolute atomic E-state index is 13.0. The maximum Gasteiger partial charge on any atom is 0.327 e. The number of pyridine rings is 1. The van der Waals surface area contributed by atoms with E-state index in [0.717, 1.165) is 28.5 Å². The molecule has 200 valence electrons. The van der Waals surface area contributed by atoms with Crippen molar-refractivity contribution in [2.24, 2.45) is 5.16 Å². The Morgan fingerprint density at radius 2 is 1.68 bits per heavy atom. The number of benzene rings is 2. The van der Waals surface area contributed by atoms with Crippen LogP contribution in [0.2, 0.25) is 0 Å². The third-order valence-electron chi connectivity index (χ3n) is 6.75. The van der Waals surface area contributed by atoms with Gasteiger partial charge in [0.1, 0.15) is 18.3 Å². The molecule has 0 radical (unpaired) electrons. The second kappa shape index (κ2) is 10.7. The largest absolute Gasteiger partial charge is 0.460 e. The highest BCUT2D eigenvalue weighted by molar-refractivity contribution is 7.92. The molecule has 3 aromatic rings. The van der Waals surface area contributed by atoms with Gasteiger partial charge in [-0.15, -0.1) is 0 Å². The summed E-state index contributed by atoms with van der Waals surface area (Å²) in [6.07, 6.45) is 2.38. The summed E-state index contributed by atoms with van der Waals surface area (Å²) in [5, 5.41) is 14.4. The second-order valence-corrected chi connectivity index (χ2v) is 12.7. The molecule has 9 heteroatoms. The van der Waals surface area contributed by atoms with Crippen LogP contribution in [0.3, 0.4) is 0 Å². The zero-order valence-electron chi connectivity index (χ0n) is 21.9. The standard InChI is InChI=1S/C29H32N2O6S/c1-28(2,33)26-16-23(14-15-30-26)21-10-12-22(13-11-21)25-17-24(37-31-25)18-29(3,38(4,34)35)27(32)36-19-20-8-6-5-7-9-20/h5-16,24,33H,17-19H2,1-4H3/t24?,29-/m1/s1. The van der Waals surface area contributed by atoms with E-state index in [9.17, 15) is 18.3 Å². The Labute approximate surface area is 223 Å². The Bertz CT molecular complexity index is 1430. The van der Waals surface area contributed by atoms with Crippen LogP contribution in [-0.4, -0.2) is 47.3 Å². The first-order valence-corrected chi connectivity index (χ1v) is 14.2. The molecule has 38 heavy (non-hydrogen) atoms. The number of aliphatic hydroxyl groups is 1. The smallest absolute Gasteiger partial charge is 0.327 e. The summed E-state index contributed by atoms with van der Waals surface area (Å²) < 4.78 is 29.0. The van der Waals surface area contributed by atoms with E-state index in [0.29, 0.717) is 17.8 Å². The van der Waals surface area contributed by atoms with Crippen molar-refractivity contribution in [3.8, 4) is 11.1 Å². The Morgan fingerprint density at radius 1 is 1.03 bits per heavy atom. The number of aromatic nitrogens is 1. The first-order chi connectivity index (χ1) is 17.9. The zero-order chi connectivity index (χ0) is 27.6. The topological polar surface area (TPSA) is 115 Å². The van der Waals surface area contributed by atoms with Crippen LogP contribution in [0.5, 0.6) is 0 Å². The van der Waals surface area contributed by atoms with Gasteiger partial charge in [0.15, 0.2) is 14.6 Å². The van der Waals surface area contributed by atoms with Crippen molar-refractivity contribution in [2.45, 2.75) is 56.7 Å². The van der Waals surface area contributed by atoms with Crippen LogP contribution >= 0.6 is 0 Å². The summed E-state index contributed by atoms with van der Waals surface area (Å²) in [6, 6.07) is 20.5. The highest BCUT2D eigenvalue weighted by Crippen LogP contribution is 2.31. The minimum Gasteiger partial charge on any atom is -0.460 e. The van der Waals surface area contributed by atoms with Gasteiger partial charge in [0.05, 0.1) is 11.4 Å². The van der Waals surface area contributed by atoms with Crippen LogP contribution in [0.15, 0.2) is 78.1 Å². The average molecular weight is 537 g/mol. The highest BCUT2D eigenvalue weighted by atomic mass is 32.2. The first kappa shape index (κ1) is 27.5. The lowest BCUT2D eigenvalue weighted by molar-refractivity contribution is -0.148. The molecule has 2 atom stereocenters. The van der Waals surface area contributed by atoms with Crippen LogP contribution in [0.1, 0.15) is 50.4 Å². The Balaban J connectivity index is 1.43. The molecular formula is C29H32N2O6S. The number of hydrogen-bond acceptors (Lipinski definition) is 8. The van der Waals surface area contributed by atoms with E-state index in [1.165, 1.54) is 6.92 Å². The van der Waals surface area contributed by atoms with Gasteiger partial charge in [-0.2, -0.15) is 0 Å². The molecule has 0 saturated carbocycles. The van der Waals surface area contributed by atoms with Crippen LogP contribution in [0, 0.1) is 0 Å². The van der Waals surface area contributed by atoms with Gasteiger partial charge >= 0.3 is 5.97 Å². The quantitative estimate of drug-likeness (QED) is 0.403. The summed E-state index contributed by atoms with van der Waals surface area (Å²) in [6.45, 7) is 4.74. The van der Waals surface area contributed by atoms with E-state index in [1.807, 2.05) is 54.6 Å². The lowest BCUT2D eigenvalue weighted by Crippen LogP contribution is -2.46. The number of carbonyl (C=O) groups is 1. The van der Waals surface area contributed by atoms with E-state index in [4.69, 9.17) is 9.57 Å². The SMILES string of the molecule is CC(C)(O)c1cc(-c2ccc(C3=NOC(C[C@](C)(C(=O)OCc4ccccc4)S(C)(=O)=O)C3)cc2)ccn1. The molecule has 0 spiro atoms. The lowest BCUT2D eigenvalue weighted by atomic mass is 9.95. The normalized spacial score (nSPS) is 17.3. The van der Waals surface area contributed by atoms with Crippen molar-refractivity contribution in [1.29, 1.82) is 0 Å². The third kappa shape index (κ3) is 6.11. The van der Waals surface area contributed by atoms with Crippen LogP contribution in [-0.2, 0) is 36.4 Å². The van der Waals surface area contributed by atoms with Crippen molar-refractivity contribution >= 4 is 21.5 Å². The van der Waals surface area contributed by atoms with Crippen molar-refractivity contribution in [1.82, 2.24) is 4.98 Å². The number of oxime groups is 1. The number of esters is 1. The summed E-state index contributed by atoms with van der Waals surface area (Å²) in [4.78, 5) is 22.8. The van der Waals surface area contributed by atoms with Crippen molar-refractivity contribution in [3.63, 3.8) is 0 Å². The molecule has 1 N–H and O–H groups in total. The average Bonchev–Trinajstić information content (AvgIpc) is 3.35. The molecule has 2 heterocycles. The second-order valence-electron chi connectivity index (χ2n) is 10.3. The van der Waals surface area contributed by atoms with Gasteiger partial charge in [-0.3, -0.25) is 9.78 Å². The summed E-state index contributed by atoms with van der Waals surface area (Å²) in [5.74, 6) is -0.812. The van der Waals surface area contributed by atoms with Gasteiger partial charge in [-0.1, -0.05) is 59.8 Å². The predicted molar refractivity (Wildman–Crippen MR) is 145 cm³/mol. The molecule has 0 fully saturated rings. The zero-order valence-corrected chi connectivity index (χ0v) is 22.7. The molecule has 4 rings (SSSR count). The number of sulfone groups is 1. The maximum atomic E-state index is 13.0. The van der Waals surface area contributed by atoms with Crippen LogP contribution < -0.4 is 0 Å². The summed E-state index contributed by atoms with van der Waals surface area (Å²) in [7, 11) is -3.82. The molecule has 0 bridgehead atoms. The highest BCUT2D eigenvalue weighted by Gasteiger charge is 2.48. The monoisotopic (exact) mass is 536 g/mol. The fraction of sp³-hybridized carbons (Fsp3) is 0.345. The molecule has 0 amide bonds. The third-order valence-corrected chi connectivity index (χ3v) is 8.72. The van der Waals surface area contributed by atoms with Crippen molar-refractivity contribution in [2.75, 3.05) is 6.26 Å². The fourth-order valence-electron chi connectivity index (χ4n) is 4.20. The Morgan fingerprint density at radius 3 is 2.32 bits per heavy atom. The van der Waals surface area contributed by atoms with E-state index in [-0.39, 0.29) is 13.0 Å². The minimum atomic E-state index is -3.82. The van der Waals surface area contributed by atoms with Crippen molar-refractivity contribution < 1.29 is 27.9 Å². The Hall–Kier alpha value is -3.56. The van der Waals surface area contributed by atoms with Gasteiger partial charge in [0, 0.05) is 25.3 Å². The molecule has 2 aromatic carbocycles. The number of carbonyl (C=O) groups excluding carboxylic acids is 1. The summed E-state index contributed by atoms with van der Waals surface area (Å²) in [5.41, 5.74) is 3.67. The molecule has 1 aromatic heterocycles. The number of rotatable bonds is 9. The molecule has 8 nitrogen and oxygen atoms in total.